The van der Waals surface area contributed by atoms with Gasteiger partial charge in [0.25, 0.3) is 0 Å². The third kappa shape index (κ3) is 3.32. The molecule has 0 amide bonds. The fourth-order valence-corrected chi connectivity index (χ4v) is 2.52. The highest BCUT2D eigenvalue weighted by molar-refractivity contribution is 6.10. The Bertz CT molecular complexity index is 816. The molecular formula is C21H19NO. The Morgan fingerprint density at radius 2 is 1.13 bits per heavy atom. The number of hydrogen-bond donors (Lipinski definition) is 0. The normalized spacial score (nSPS) is 11.9. The van der Waals surface area contributed by atoms with Crippen LogP contribution in [0.2, 0.25) is 0 Å². The van der Waals surface area contributed by atoms with Crippen molar-refractivity contribution < 1.29 is 4.74 Å². The number of hydrogen-bond acceptors (Lipinski definition) is 1. The zero-order valence-electron chi connectivity index (χ0n) is 13.4. The summed E-state index contributed by atoms with van der Waals surface area (Å²) in [6.45, 7) is 4.06. The van der Waals surface area contributed by atoms with Crippen molar-refractivity contribution in [3.05, 3.63) is 106 Å². The maximum absolute atomic E-state index is 13.0. The SMILES string of the molecule is Cc1ccc(/C(c2ccccc2)=[N+](/[O-])c2ccc(C)cc2)cc1. The smallest absolute Gasteiger partial charge is 0.231 e. The average Bonchev–Trinajstić information content (AvgIpc) is 2.58. The first-order valence-electron chi connectivity index (χ1n) is 7.68. The van der Waals surface area contributed by atoms with Gasteiger partial charge in [-0.2, -0.15) is 4.74 Å². The Morgan fingerprint density at radius 1 is 0.652 bits per heavy atom. The highest BCUT2D eigenvalue weighted by atomic mass is 16.5. The third-order valence-corrected chi connectivity index (χ3v) is 3.84. The highest BCUT2D eigenvalue weighted by Gasteiger charge is 2.17. The summed E-state index contributed by atoms with van der Waals surface area (Å²) < 4.78 is 1.01. The molecule has 3 aromatic rings. The van der Waals surface area contributed by atoms with Crippen molar-refractivity contribution in [1.29, 1.82) is 0 Å². The van der Waals surface area contributed by atoms with E-state index in [0.717, 1.165) is 21.4 Å². The quantitative estimate of drug-likeness (QED) is 0.290. The molecule has 0 radical (unpaired) electrons. The number of nitrogens with zero attached hydrogens (tertiary/aromatic N) is 1. The fraction of sp³-hybridized carbons (Fsp3) is 0.0952. The van der Waals surface area contributed by atoms with E-state index in [1.54, 1.807) is 0 Å². The summed E-state index contributed by atoms with van der Waals surface area (Å²) >= 11 is 0. The third-order valence-electron chi connectivity index (χ3n) is 3.84. The summed E-state index contributed by atoms with van der Waals surface area (Å²) in [5.41, 5.74) is 5.43. The van der Waals surface area contributed by atoms with Crippen LogP contribution in [-0.4, -0.2) is 10.5 Å². The van der Waals surface area contributed by atoms with E-state index in [0.29, 0.717) is 11.4 Å². The topological polar surface area (TPSA) is 26.1 Å². The van der Waals surface area contributed by atoms with Gasteiger partial charge in [0.15, 0.2) is 0 Å². The first-order chi connectivity index (χ1) is 11.1. The highest BCUT2D eigenvalue weighted by Crippen LogP contribution is 2.18. The molecule has 0 aliphatic rings. The van der Waals surface area contributed by atoms with Crippen molar-refractivity contribution in [1.82, 2.24) is 0 Å². The van der Waals surface area contributed by atoms with E-state index in [-0.39, 0.29) is 0 Å². The largest absolute Gasteiger partial charge is 0.618 e. The second-order valence-corrected chi connectivity index (χ2v) is 5.71. The maximum Gasteiger partial charge on any atom is 0.231 e. The molecule has 2 heteroatoms. The summed E-state index contributed by atoms with van der Waals surface area (Å²) in [7, 11) is 0. The molecule has 0 aliphatic carbocycles. The summed E-state index contributed by atoms with van der Waals surface area (Å²) in [5, 5.41) is 13.0. The Morgan fingerprint density at radius 3 is 1.70 bits per heavy atom. The van der Waals surface area contributed by atoms with Gasteiger partial charge < -0.3 is 5.21 Å². The molecule has 23 heavy (non-hydrogen) atoms. The van der Waals surface area contributed by atoms with E-state index >= 15 is 0 Å². The van der Waals surface area contributed by atoms with Crippen LogP contribution in [0.1, 0.15) is 22.3 Å². The van der Waals surface area contributed by atoms with Crippen LogP contribution in [-0.2, 0) is 0 Å². The molecule has 0 aromatic heterocycles. The van der Waals surface area contributed by atoms with Crippen LogP contribution in [0.3, 0.4) is 0 Å². The van der Waals surface area contributed by atoms with Crippen LogP contribution in [0.4, 0.5) is 5.69 Å². The molecule has 0 spiro atoms. The lowest BCUT2D eigenvalue weighted by Gasteiger charge is -2.11. The van der Waals surface area contributed by atoms with Gasteiger partial charge in [-0.3, -0.25) is 0 Å². The monoisotopic (exact) mass is 301 g/mol. The summed E-state index contributed by atoms with van der Waals surface area (Å²) in [4.78, 5) is 0. The predicted octanol–water partition coefficient (Wildman–Crippen LogP) is 4.98. The van der Waals surface area contributed by atoms with Gasteiger partial charge in [0.05, 0.1) is 0 Å². The molecule has 0 heterocycles. The zero-order valence-corrected chi connectivity index (χ0v) is 13.4. The minimum Gasteiger partial charge on any atom is -0.618 e. The van der Waals surface area contributed by atoms with E-state index in [1.807, 2.05) is 92.7 Å². The van der Waals surface area contributed by atoms with Gasteiger partial charge in [-0.25, -0.2) is 0 Å². The van der Waals surface area contributed by atoms with Crippen LogP contribution < -0.4 is 0 Å². The van der Waals surface area contributed by atoms with Gasteiger partial charge in [-0.1, -0.05) is 53.6 Å². The van der Waals surface area contributed by atoms with Gasteiger partial charge in [-0.15, -0.1) is 0 Å². The Hall–Kier alpha value is -2.87. The van der Waals surface area contributed by atoms with Crippen molar-refractivity contribution >= 4 is 11.4 Å². The standard InChI is InChI=1S/C21H19NO/c1-16-8-12-19(13-9-16)21(18-6-4-3-5-7-18)22(23)20-14-10-17(2)11-15-20/h3-15H,1-2H3/b22-21+. The summed E-state index contributed by atoms with van der Waals surface area (Å²) in [6.07, 6.45) is 0. The first kappa shape index (κ1) is 15.0. The Kier molecular flexibility index (Phi) is 4.24. The zero-order chi connectivity index (χ0) is 16.2. The second-order valence-electron chi connectivity index (χ2n) is 5.71. The lowest BCUT2D eigenvalue weighted by Crippen LogP contribution is -2.15. The maximum atomic E-state index is 13.0. The van der Waals surface area contributed by atoms with Crippen LogP contribution in [0.15, 0.2) is 78.9 Å². The summed E-state index contributed by atoms with van der Waals surface area (Å²) in [6, 6.07) is 25.5. The average molecular weight is 301 g/mol. The van der Waals surface area contributed by atoms with Crippen LogP contribution in [0.25, 0.3) is 0 Å². The molecule has 2 nitrogen and oxygen atoms in total. The van der Waals surface area contributed by atoms with Crippen molar-refractivity contribution in [3.63, 3.8) is 0 Å². The van der Waals surface area contributed by atoms with E-state index in [2.05, 4.69) is 0 Å². The van der Waals surface area contributed by atoms with Gasteiger partial charge in [0.2, 0.25) is 11.4 Å². The Labute approximate surface area is 136 Å². The molecule has 0 aliphatic heterocycles. The van der Waals surface area contributed by atoms with E-state index in [1.165, 1.54) is 5.56 Å². The minimum absolute atomic E-state index is 0.634. The van der Waals surface area contributed by atoms with Crippen molar-refractivity contribution in [2.24, 2.45) is 0 Å². The Balaban J connectivity index is 2.20. The fourth-order valence-electron chi connectivity index (χ4n) is 2.52. The van der Waals surface area contributed by atoms with E-state index in [4.69, 9.17) is 0 Å². The molecule has 0 fully saturated rings. The minimum atomic E-state index is 0.634. The van der Waals surface area contributed by atoms with E-state index < -0.39 is 0 Å². The first-order valence-corrected chi connectivity index (χ1v) is 7.68. The molecular weight excluding hydrogens is 282 g/mol. The summed E-state index contributed by atoms with van der Waals surface area (Å²) in [5.74, 6) is 0. The van der Waals surface area contributed by atoms with Gasteiger partial charge in [0, 0.05) is 23.3 Å². The van der Waals surface area contributed by atoms with Crippen LogP contribution in [0.5, 0.6) is 0 Å². The molecule has 0 saturated carbocycles. The van der Waals surface area contributed by atoms with Crippen molar-refractivity contribution in [2.75, 3.05) is 0 Å². The molecule has 3 aromatic carbocycles. The molecule has 114 valence electrons. The number of aryl methyl sites for hydroxylation is 2. The lowest BCUT2D eigenvalue weighted by molar-refractivity contribution is -0.359. The molecule has 0 atom stereocenters. The molecule has 0 bridgehead atoms. The van der Waals surface area contributed by atoms with Gasteiger partial charge in [-0.05, 0) is 38.1 Å². The number of rotatable bonds is 3. The van der Waals surface area contributed by atoms with Gasteiger partial charge >= 0.3 is 0 Å². The molecule has 3 rings (SSSR count). The van der Waals surface area contributed by atoms with E-state index in [9.17, 15) is 5.21 Å². The van der Waals surface area contributed by atoms with Crippen LogP contribution >= 0.6 is 0 Å². The molecule has 0 saturated heterocycles. The van der Waals surface area contributed by atoms with Crippen molar-refractivity contribution in [3.8, 4) is 0 Å². The lowest BCUT2D eigenvalue weighted by atomic mass is 10.0. The van der Waals surface area contributed by atoms with Crippen molar-refractivity contribution in [2.45, 2.75) is 13.8 Å². The van der Waals surface area contributed by atoms with Gasteiger partial charge in [0.1, 0.15) is 0 Å². The van der Waals surface area contributed by atoms with Crippen LogP contribution in [0, 0.1) is 19.1 Å². The second kappa shape index (κ2) is 6.49. The molecule has 0 unspecified atom stereocenters. The molecule has 0 N–H and O–H groups in total. The number of benzene rings is 3. The predicted molar refractivity (Wildman–Crippen MR) is 95.3 cm³/mol.